The Morgan fingerprint density at radius 2 is 1.84 bits per heavy atom. The van der Waals surface area contributed by atoms with Gasteiger partial charge < -0.3 is 41.4 Å². The predicted octanol–water partition coefficient (Wildman–Crippen LogP) is 2.23. The van der Waals surface area contributed by atoms with Crippen molar-refractivity contribution in [3.63, 3.8) is 0 Å². The molecule has 0 aromatic heterocycles. The Kier molecular flexibility index (Phi) is 6.31. The summed E-state index contributed by atoms with van der Waals surface area (Å²) in [7, 11) is 4.97. The first kappa shape index (κ1) is 29.2. The molecule has 0 bridgehead atoms. The molecule has 0 saturated carbocycles. The summed E-state index contributed by atoms with van der Waals surface area (Å²) in [6.07, 6.45) is 1.02. The number of aliphatic hydroxyl groups excluding tert-OH is 2. The number of rotatable bonds is 6. The van der Waals surface area contributed by atoms with Crippen LogP contribution < -0.4 is 16.2 Å². The molecule has 1 amide bonds. The number of aliphatic hydroxyl groups is 3. The monoisotopic (exact) mass is 591 g/mol. The van der Waals surface area contributed by atoms with Crippen molar-refractivity contribution in [3.05, 3.63) is 69.7 Å². The van der Waals surface area contributed by atoms with Crippen molar-refractivity contribution < 1.29 is 39.5 Å². The summed E-state index contributed by atoms with van der Waals surface area (Å²) in [5, 5.41) is 45.3. The highest BCUT2D eigenvalue weighted by Gasteiger charge is 2.84. The van der Waals surface area contributed by atoms with Gasteiger partial charge in [-0.15, -0.1) is 0 Å². The topological polar surface area (TPSA) is 192 Å². The van der Waals surface area contributed by atoms with Gasteiger partial charge in [0.15, 0.2) is 11.4 Å². The number of phenols is 1. The maximum atomic E-state index is 14.2. The van der Waals surface area contributed by atoms with Gasteiger partial charge in [-0.3, -0.25) is 14.5 Å². The van der Waals surface area contributed by atoms with Gasteiger partial charge in [0.25, 0.3) is 5.91 Å². The number of fused-ring (bicyclic) bond motifs is 2. The Labute approximate surface area is 249 Å². The van der Waals surface area contributed by atoms with Crippen LogP contribution in [0, 0.1) is 11.8 Å². The number of benzene rings is 2. The molecule has 11 nitrogen and oxygen atoms in total. The molecule has 1 heterocycles. The van der Waals surface area contributed by atoms with E-state index in [1.807, 2.05) is 32.0 Å². The molecule has 5 atom stereocenters. The Hall–Kier alpha value is -3.90. The molecule has 11 heteroatoms. The van der Waals surface area contributed by atoms with Crippen LogP contribution in [0.1, 0.15) is 41.8 Å². The van der Waals surface area contributed by atoms with Crippen LogP contribution in [-0.2, 0) is 22.4 Å². The lowest BCUT2D eigenvalue weighted by molar-refractivity contribution is -0.117. The second-order valence-corrected chi connectivity index (χ2v) is 13.0. The summed E-state index contributed by atoms with van der Waals surface area (Å²) >= 11 is 0. The number of phenolic OH excluding ortho intramolecular Hbond substituents is 1. The van der Waals surface area contributed by atoms with Crippen LogP contribution in [-0.4, -0.2) is 81.2 Å². The van der Waals surface area contributed by atoms with E-state index < -0.39 is 63.6 Å². The molecule has 6 rings (SSSR count). The number of ketones is 1. The lowest BCUT2D eigenvalue weighted by Gasteiger charge is -2.46. The van der Waals surface area contributed by atoms with Crippen LogP contribution >= 0.6 is 0 Å². The maximum Gasteiger partial charge on any atom is 0.253 e. The van der Waals surface area contributed by atoms with Crippen molar-refractivity contribution in [1.29, 1.82) is 0 Å². The van der Waals surface area contributed by atoms with E-state index in [0.717, 1.165) is 16.7 Å². The SMILES string of the molecule is COc1ccc(-c2ccc(O)c3c2C[C@H]2C[C@H]4[C@H](N(C)C)C(O)=C(C(N)=O)C5(O)O[C@]45C(O)=C2C3=O)c(CC(C)(C)N)c1. The highest BCUT2D eigenvalue weighted by molar-refractivity contribution is 6.14. The molecule has 2 aromatic rings. The van der Waals surface area contributed by atoms with E-state index in [9.17, 15) is 30.0 Å². The number of methoxy groups -OCH3 is 1. The number of aromatic hydroxyl groups is 1. The molecule has 228 valence electrons. The van der Waals surface area contributed by atoms with E-state index in [-0.39, 0.29) is 29.7 Å². The Bertz CT molecular complexity index is 1650. The molecular weight excluding hydrogens is 554 g/mol. The molecule has 1 fully saturated rings. The van der Waals surface area contributed by atoms with Crippen molar-refractivity contribution >= 4 is 11.7 Å². The lowest BCUT2D eigenvalue weighted by atomic mass is 9.60. The average Bonchev–Trinajstić information content (AvgIpc) is 3.53. The second-order valence-electron chi connectivity index (χ2n) is 13.0. The summed E-state index contributed by atoms with van der Waals surface area (Å²) in [6.45, 7) is 3.84. The maximum absolute atomic E-state index is 14.2. The van der Waals surface area contributed by atoms with Gasteiger partial charge in [0, 0.05) is 17.0 Å². The van der Waals surface area contributed by atoms with Crippen LogP contribution in [0.4, 0.5) is 0 Å². The van der Waals surface area contributed by atoms with E-state index in [1.54, 1.807) is 32.2 Å². The second kappa shape index (κ2) is 9.30. The molecular formula is C32H37N3O8. The number of nitrogens with zero attached hydrogens (tertiary/aromatic N) is 1. The molecule has 1 spiro atoms. The highest BCUT2D eigenvalue weighted by Crippen LogP contribution is 2.68. The molecule has 0 radical (unpaired) electrons. The number of hydrogen-bond acceptors (Lipinski definition) is 10. The average molecular weight is 592 g/mol. The number of epoxide rings is 1. The van der Waals surface area contributed by atoms with Crippen LogP contribution in [0.3, 0.4) is 0 Å². The quantitative estimate of drug-likeness (QED) is 0.272. The third-order valence-corrected chi connectivity index (χ3v) is 9.37. The Morgan fingerprint density at radius 1 is 1.16 bits per heavy atom. The van der Waals surface area contributed by atoms with Crippen LogP contribution in [0.5, 0.6) is 11.5 Å². The summed E-state index contributed by atoms with van der Waals surface area (Å²) in [5.74, 6) is -5.87. The van der Waals surface area contributed by atoms with Gasteiger partial charge in [-0.05, 0) is 93.6 Å². The summed E-state index contributed by atoms with van der Waals surface area (Å²) in [5.41, 5.74) is 12.2. The third-order valence-electron chi connectivity index (χ3n) is 9.37. The minimum absolute atomic E-state index is 0.00730. The number of allylic oxidation sites excluding steroid dienone is 1. The van der Waals surface area contributed by atoms with Gasteiger partial charge in [-0.1, -0.05) is 12.1 Å². The molecule has 1 aliphatic heterocycles. The van der Waals surface area contributed by atoms with Gasteiger partial charge in [-0.25, -0.2) is 0 Å². The zero-order valence-corrected chi connectivity index (χ0v) is 24.8. The number of hydrogen-bond donors (Lipinski definition) is 6. The van der Waals surface area contributed by atoms with Crippen LogP contribution in [0.25, 0.3) is 11.1 Å². The van der Waals surface area contributed by atoms with Gasteiger partial charge in [-0.2, -0.15) is 0 Å². The third kappa shape index (κ3) is 3.95. The van der Waals surface area contributed by atoms with Crippen molar-refractivity contribution in [1.82, 2.24) is 4.90 Å². The lowest BCUT2D eigenvalue weighted by Crippen LogP contribution is -2.57. The summed E-state index contributed by atoms with van der Waals surface area (Å²) in [4.78, 5) is 28.2. The van der Waals surface area contributed by atoms with Gasteiger partial charge in [0.2, 0.25) is 5.79 Å². The Balaban J connectivity index is 1.53. The first-order chi connectivity index (χ1) is 20.1. The minimum Gasteiger partial charge on any atom is -0.510 e. The van der Waals surface area contributed by atoms with E-state index >= 15 is 0 Å². The summed E-state index contributed by atoms with van der Waals surface area (Å²) in [6, 6.07) is 8.03. The number of Topliss-reactive ketones (excluding diaryl/α,β-unsaturated/α-hetero) is 1. The van der Waals surface area contributed by atoms with E-state index in [1.165, 1.54) is 6.07 Å². The molecule has 43 heavy (non-hydrogen) atoms. The van der Waals surface area contributed by atoms with Crippen molar-refractivity contribution in [3.8, 4) is 22.6 Å². The normalized spacial score (nSPS) is 29.6. The first-order valence-electron chi connectivity index (χ1n) is 14.2. The molecule has 1 unspecified atom stereocenters. The Morgan fingerprint density at radius 3 is 2.44 bits per heavy atom. The zero-order chi connectivity index (χ0) is 31.4. The fraction of sp³-hybridized carbons (Fsp3) is 0.438. The van der Waals surface area contributed by atoms with Crippen LogP contribution in [0.15, 0.2) is 53.0 Å². The molecule has 4 aliphatic rings. The number of carbonyl (C=O) groups excluding carboxylic acids is 2. The standard InChI is InChI=1S/C32H37N3O8/c1-30(2,34)13-15-10-16(42-5)6-7-17(15)18-8-9-21(36)23-19(18)11-14-12-20-25(35(3)4)27(38)24(29(33)40)32(41)31(20,43-32)28(39)22(14)26(23)37/h6-10,14,20,25,36,38-39,41H,11-13,34H2,1-5H3,(H2,33,40)/t14-,20-,25-,31-,32?/m0/s1. The van der Waals surface area contributed by atoms with Gasteiger partial charge in [0.05, 0.1) is 18.7 Å². The highest BCUT2D eigenvalue weighted by atomic mass is 16.8. The van der Waals surface area contributed by atoms with Gasteiger partial charge in [0.1, 0.15) is 28.6 Å². The fourth-order valence-corrected chi connectivity index (χ4v) is 7.71. The number of ether oxygens (including phenoxy) is 2. The van der Waals surface area contributed by atoms with E-state index in [2.05, 4.69) is 0 Å². The first-order valence-corrected chi connectivity index (χ1v) is 14.2. The molecule has 2 aromatic carbocycles. The fourth-order valence-electron chi connectivity index (χ4n) is 7.71. The number of carbonyl (C=O) groups is 2. The molecule has 3 aliphatic carbocycles. The number of amides is 1. The smallest absolute Gasteiger partial charge is 0.253 e. The number of nitrogens with two attached hydrogens (primary N) is 2. The number of likely N-dealkylation sites (N-methyl/N-ethyl adjacent to an activating group) is 1. The van der Waals surface area contributed by atoms with Crippen molar-refractivity contribution in [2.24, 2.45) is 23.3 Å². The van der Waals surface area contributed by atoms with E-state index in [4.69, 9.17) is 20.9 Å². The number of primary amides is 1. The molecule has 8 N–H and O–H groups in total. The molecule has 1 saturated heterocycles. The van der Waals surface area contributed by atoms with Crippen molar-refractivity contribution in [2.75, 3.05) is 21.2 Å². The summed E-state index contributed by atoms with van der Waals surface area (Å²) < 4.78 is 11.2. The largest absolute Gasteiger partial charge is 0.510 e. The van der Waals surface area contributed by atoms with Gasteiger partial charge >= 0.3 is 0 Å². The van der Waals surface area contributed by atoms with Crippen molar-refractivity contribution in [2.45, 2.75) is 56.1 Å². The van der Waals surface area contributed by atoms with Crippen LogP contribution in [0.2, 0.25) is 0 Å². The minimum atomic E-state index is -2.39. The predicted molar refractivity (Wildman–Crippen MR) is 156 cm³/mol. The zero-order valence-electron chi connectivity index (χ0n) is 24.8. The van der Waals surface area contributed by atoms with E-state index in [0.29, 0.717) is 17.7 Å².